The summed E-state index contributed by atoms with van der Waals surface area (Å²) < 4.78 is 79.9. The zero-order chi connectivity index (χ0) is 18.1. The molecule has 0 radical (unpaired) electrons. The number of carbonyl (C=O) groups is 1. The fourth-order valence-electron chi connectivity index (χ4n) is 1.99. The third-order valence-electron chi connectivity index (χ3n) is 2.84. The van der Waals surface area contributed by atoms with Crippen LogP contribution >= 0.6 is 0 Å². The van der Waals surface area contributed by atoms with Gasteiger partial charge in [-0.3, -0.25) is 4.98 Å². The van der Waals surface area contributed by atoms with Crippen molar-refractivity contribution in [2.75, 3.05) is 0 Å². The fourth-order valence-corrected chi connectivity index (χ4v) is 1.99. The average molecular weight is 351 g/mol. The maximum Gasteiger partial charge on any atom is 0.573 e. The number of ether oxygens (including phenoxy) is 1. The summed E-state index contributed by atoms with van der Waals surface area (Å²) in [6, 6.07) is 4.62. The van der Waals surface area contributed by atoms with Gasteiger partial charge in [0.25, 0.3) is 0 Å². The minimum absolute atomic E-state index is 0.431. The van der Waals surface area contributed by atoms with Crippen LogP contribution in [0.1, 0.15) is 15.9 Å². The van der Waals surface area contributed by atoms with Crippen LogP contribution in [0, 0.1) is 0 Å². The summed E-state index contributed by atoms with van der Waals surface area (Å²) in [7, 11) is 0. The van der Waals surface area contributed by atoms with Gasteiger partial charge in [0.05, 0.1) is 16.8 Å². The summed E-state index contributed by atoms with van der Waals surface area (Å²) in [5, 5.41) is 9.09. The van der Waals surface area contributed by atoms with Crippen LogP contribution in [0.2, 0.25) is 0 Å². The van der Waals surface area contributed by atoms with Gasteiger partial charge < -0.3 is 9.84 Å². The SMILES string of the molecule is O=C(O)c1c(C(F)(F)F)ccnc1-c1ccccc1OC(F)(F)F. The topological polar surface area (TPSA) is 59.4 Å². The molecule has 0 bridgehead atoms. The molecule has 10 heteroatoms. The highest BCUT2D eigenvalue weighted by molar-refractivity contribution is 5.97. The van der Waals surface area contributed by atoms with Crippen LogP contribution in [0.4, 0.5) is 26.3 Å². The lowest BCUT2D eigenvalue weighted by molar-refractivity contribution is -0.274. The zero-order valence-electron chi connectivity index (χ0n) is 11.4. The maximum atomic E-state index is 13.0. The van der Waals surface area contributed by atoms with E-state index in [1.807, 2.05) is 0 Å². The highest BCUT2D eigenvalue weighted by atomic mass is 19.4. The van der Waals surface area contributed by atoms with Crippen molar-refractivity contribution in [3.05, 3.63) is 47.7 Å². The van der Waals surface area contributed by atoms with Gasteiger partial charge in [0.2, 0.25) is 0 Å². The number of rotatable bonds is 3. The molecule has 0 saturated heterocycles. The number of hydrogen-bond donors (Lipinski definition) is 1. The number of aromatic nitrogens is 1. The summed E-state index contributed by atoms with van der Waals surface area (Å²) in [5.41, 5.74) is -4.10. The van der Waals surface area contributed by atoms with Crippen LogP contribution in [-0.2, 0) is 6.18 Å². The monoisotopic (exact) mass is 351 g/mol. The normalized spacial score (nSPS) is 12.1. The number of carboxylic acid groups (broad SMARTS) is 1. The molecule has 1 aromatic carbocycles. The lowest BCUT2D eigenvalue weighted by atomic mass is 10.00. The number of aromatic carboxylic acids is 1. The molecule has 0 spiro atoms. The molecule has 0 amide bonds. The Morgan fingerprint density at radius 1 is 1.04 bits per heavy atom. The second-order valence-corrected chi connectivity index (χ2v) is 4.43. The standard InChI is InChI=1S/C14H7F6NO3/c15-13(16,17)8-5-6-21-11(10(8)12(22)23)7-3-1-2-4-9(7)24-14(18,19)20/h1-6H,(H,22,23). The average Bonchev–Trinajstić information content (AvgIpc) is 2.44. The smallest absolute Gasteiger partial charge is 0.478 e. The Kier molecular flexibility index (Phi) is 4.41. The number of alkyl halides is 6. The number of carboxylic acids is 1. The van der Waals surface area contributed by atoms with E-state index in [4.69, 9.17) is 5.11 Å². The van der Waals surface area contributed by atoms with E-state index < -0.39 is 46.6 Å². The molecule has 0 aliphatic heterocycles. The molecule has 0 aliphatic carbocycles. The zero-order valence-corrected chi connectivity index (χ0v) is 11.4. The van der Waals surface area contributed by atoms with Crippen LogP contribution in [0.25, 0.3) is 11.3 Å². The first-order valence-corrected chi connectivity index (χ1v) is 6.15. The predicted octanol–water partition coefficient (Wildman–Crippen LogP) is 4.36. The second-order valence-electron chi connectivity index (χ2n) is 4.43. The molecule has 4 nitrogen and oxygen atoms in total. The summed E-state index contributed by atoms with van der Waals surface area (Å²) in [5.74, 6) is -2.84. The van der Waals surface area contributed by atoms with Crippen LogP contribution in [0.5, 0.6) is 5.75 Å². The highest BCUT2D eigenvalue weighted by Crippen LogP contribution is 2.39. The fraction of sp³-hybridized carbons (Fsp3) is 0.143. The number of para-hydroxylation sites is 1. The van der Waals surface area contributed by atoms with E-state index in [-0.39, 0.29) is 0 Å². The van der Waals surface area contributed by atoms with Gasteiger partial charge in [-0.1, -0.05) is 12.1 Å². The quantitative estimate of drug-likeness (QED) is 0.835. The van der Waals surface area contributed by atoms with Gasteiger partial charge in [-0.25, -0.2) is 4.79 Å². The van der Waals surface area contributed by atoms with Crippen molar-refractivity contribution in [1.82, 2.24) is 4.98 Å². The molecule has 1 N–H and O–H groups in total. The maximum absolute atomic E-state index is 13.0. The third-order valence-corrected chi connectivity index (χ3v) is 2.84. The number of nitrogens with zero attached hydrogens (tertiary/aromatic N) is 1. The number of hydrogen-bond acceptors (Lipinski definition) is 3. The Hall–Kier alpha value is -2.78. The van der Waals surface area contributed by atoms with Crippen molar-refractivity contribution in [1.29, 1.82) is 0 Å². The van der Waals surface area contributed by atoms with Crippen molar-refractivity contribution in [3.8, 4) is 17.0 Å². The lowest BCUT2D eigenvalue weighted by Crippen LogP contribution is -2.18. The highest BCUT2D eigenvalue weighted by Gasteiger charge is 2.38. The van der Waals surface area contributed by atoms with Gasteiger partial charge in [-0.2, -0.15) is 13.2 Å². The summed E-state index contributed by atoms with van der Waals surface area (Å²) in [6.07, 6.45) is -9.47. The molecule has 2 rings (SSSR count). The molecule has 24 heavy (non-hydrogen) atoms. The minimum Gasteiger partial charge on any atom is -0.478 e. The lowest BCUT2D eigenvalue weighted by Gasteiger charge is -2.16. The third kappa shape index (κ3) is 3.76. The molecule has 1 heterocycles. The van der Waals surface area contributed by atoms with Crippen molar-refractivity contribution in [3.63, 3.8) is 0 Å². The molecule has 0 atom stereocenters. The number of halogens is 6. The number of benzene rings is 1. The van der Waals surface area contributed by atoms with Gasteiger partial charge in [-0.15, -0.1) is 13.2 Å². The molecule has 1 aromatic heterocycles. The Morgan fingerprint density at radius 2 is 1.67 bits per heavy atom. The summed E-state index contributed by atoms with van der Waals surface area (Å²) in [6.45, 7) is 0. The Bertz CT molecular complexity index is 770. The van der Waals surface area contributed by atoms with Crippen molar-refractivity contribution < 1.29 is 41.0 Å². The first kappa shape index (κ1) is 17.6. The molecular weight excluding hydrogens is 344 g/mol. The second kappa shape index (κ2) is 6.02. The van der Waals surface area contributed by atoms with Gasteiger partial charge in [-0.05, 0) is 18.2 Å². The Morgan fingerprint density at radius 3 is 2.21 bits per heavy atom. The van der Waals surface area contributed by atoms with Gasteiger partial charge in [0.15, 0.2) is 0 Å². The molecule has 0 unspecified atom stereocenters. The molecule has 0 aliphatic rings. The minimum atomic E-state index is -5.11. The van der Waals surface area contributed by atoms with Crippen LogP contribution in [0.3, 0.4) is 0 Å². The molecule has 128 valence electrons. The van der Waals surface area contributed by atoms with Crippen LogP contribution in [-0.4, -0.2) is 22.4 Å². The van der Waals surface area contributed by atoms with E-state index >= 15 is 0 Å². The van der Waals surface area contributed by atoms with Gasteiger partial charge in [0, 0.05) is 11.8 Å². The van der Waals surface area contributed by atoms with E-state index in [2.05, 4.69) is 9.72 Å². The van der Waals surface area contributed by atoms with E-state index in [1.54, 1.807) is 0 Å². The molecule has 0 saturated carbocycles. The molecular formula is C14H7F6NO3. The Balaban J connectivity index is 2.73. The van der Waals surface area contributed by atoms with E-state index in [0.717, 1.165) is 18.2 Å². The first-order chi connectivity index (χ1) is 11.0. The summed E-state index contributed by atoms with van der Waals surface area (Å²) >= 11 is 0. The van der Waals surface area contributed by atoms with Crippen LogP contribution in [0.15, 0.2) is 36.5 Å². The van der Waals surface area contributed by atoms with Crippen LogP contribution < -0.4 is 4.74 Å². The van der Waals surface area contributed by atoms with Gasteiger partial charge >= 0.3 is 18.5 Å². The van der Waals surface area contributed by atoms with Crippen molar-refractivity contribution in [2.45, 2.75) is 12.5 Å². The Labute approximate surface area is 130 Å². The van der Waals surface area contributed by atoms with E-state index in [9.17, 15) is 31.1 Å². The molecule has 0 fully saturated rings. The molecule has 2 aromatic rings. The largest absolute Gasteiger partial charge is 0.573 e. The summed E-state index contributed by atoms with van der Waals surface area (Å²) in [4.78, 5) is 14.8. The number of pyridine rings is 1. The van der Waals surface area contributed by atoms with Crippen molar-refractivity contribution in [2.24, 2.45) is 0 Å². The van der Waals surface area contributed by atoms with E-state index in [0.29, 0.717) is 12.3 Å². The van der Waals surface area contributed by atoms with Gasteiger partial charge in [0.1, 0.15) is 5.75 Å². The predicted molar refractivity (Wildman–Crippen MR) is 68.3 cm³/mol. The van der Waals surface area contributed by atoms with E-state index in [1.165, 1.54) is 6.07 Å². The van der Waals surface area contributed by atoms with Crippen molar-refractivity contribution >= 4 is 5.97 Å². The first-order valence-electron chi connectivity index (χ1n) is 6.15.